The van der Waals surface area contributed by atoms with Crippen LogP contribution >= 0.6 is 0 Å². The number of hydrogen-bond donors (Lipinski definition) is 2. The predicted octanol–water partition coefficient (Wildman–Crippen LogP) is -3.41. The molecule has 1 aliphatic heterocycles. The fraction of sp³-hybridized carbons (Fsp3) is 0.0333. The molecule has 0 radical (unpaired) electrons. The van der Waals surface area contributed by atoms with Crippen LogP contribution in [-0.4, -0.2) is 36.0 Å². The van der Waals surface area contributed by atoms with Gasteiger partial charge in [-0.2, -0.15) is 0 Å². The van der Waals surface area contributed by atoms with Crippen LogP contribution in [0.5, 0.6) is 11.5 Å². The van der Waals surface area contributed by atoms with Crippen molar-refractivity contribution < 1.29 is 94.9 Å². The quantitative estimate of drug-likeness (QED) is 0.131. The number of aliphatic hydroxyl groups is 1. The largest absolute Gasteiger partial charge is 1.00 e. The van der Waals surface area contributed by atoms with Crippen LogP contribution in [0.25, 0.3) is 27.4 Å². The Bertz CT molecular complexity index is 2620. The summed E-state index contributed by atoms with van der Waals surface area (Å²) in [6.07, 6.45) is 0. The molecule has 1 aliphatic carbocycles. The Morgan fingerprint density at radius 2 is 1.46 bits per heavy atom. The number of benzene rings is 4. The minimum atomic E-state index is -5.26. The standard InChI is InChI=1S/C30H20N2O10S2.2Na/c1-15-11-12-20(22(13-15)43(36,37)38)42-21-14-19(32-44(39,40)41)24-25-23(17-9-5-6-10-18(17)29(24)34)26(30(35)31-27(21)25)28(33)16-7-3-2-4-8-16;;/h2-14,32-33H,1H3,(H,36,37,38)(H,39,40,41);;/q;2*+1/p-2/b28-26-;;. The maximum absolute atomic E-state index is 13.9. The zero-order valence-electron chi connectivity index (χ0n) is 24.4. The number of aromatic nitrogens is 1. The molecule has 4 aromatic rings. The number of hydrogen-bond acceptors (Lipinski definition) is 11. The van der Waals surface area contributed by atoms with Gasteiger partial charge in [-0.25, -0.2) is 21.8 Å². The normalized spacial score (nSPS) is 12.4. The molecule has 2 N–H and O–H groups in total. The molecule has 12 nitrogen and oxygen atoms in total. The molecule has 0 saturated carbocycles. The molecule has 0 spiro atoms. The van der Waals surface area contributed by atoms with Crippen LogP contribution in [-0.2, 0) is 20.4 Å². The van der Waals surface area contributed by atoms with Crippen molar-refractivity contribution in [2.45, 2.75) is 11.8 Å². The summed E-state index contributed by atoms with van der Waals surface area (Å²) in [7, 11) is -10.4. The van der Waals surface area contributed by atoms with Crippen molar-refractivity contribution in [1.82, 2.24) is 4.98 Å². The van der Waals surface area contributed by atoms with Gasteiger partial charge in [0.2, 0.25) is 0 Å². The van der Waals surface area contributed by atoms with Gasteiger partial charge in [-0.15, -0.1) is 0 Å². The second-order valence-electron chi connectivity index (χ2n) is 9.84. The Hall–Kier alpha value is -3.15. The Labute approximate surface area is 305 Å². The second kappa shape index (κ2) is 13.2. The maximum Gasteiger partial charge on any atom is 1.00 e. The summed E-state index contributed by atoms with van der Waals surface area (Å²) in [4.78, 5) is 30.9. The van der Waals surface area contributed by atoms with Gasteiger partial charge in [-0.3, -0.25) is 14.3 Å². The molecule has 0 aromatic heterocycles. The zero-order chi connectivity index (χ0) is 31.6. The van der Waals surface area contributed by atoms with Gasteiger partial charge < -0.3 is 18.9 Å². The third kappa shape index (κ3) is 6.51. The SMILES string of the molecule is Cc1ccc(Oc2cc(NS(=O)(=O)[O-])c3c4c2nc(=O)/c(=C(\O)c2ccccc2)c=4c2ccccc2c3=O)c(S(=O)(=O)[O-])c1.[Na+].[Na+]. The average molecular weight is 677 g/mol. The molecule has 0 amide bonds. The average Bonchev–Trinajstić information content (AvgIpc) is 2.96. The van der Waals surface area contributed by atoms with Crippen LogP contribution in [0.4, 0.5) is 5.69 Å². The van der Waals surface area contributed by atoms with Gasteiger partial charge in [-0.1, -0.05) is 60.7 Å². The van der Waals surface area contributed by atoms with Crippen molar-refractivity contribution in [2.75, 3.05) is 4.72 Å². The fourth-order valence-electron chi connectivity index (χ4n) is 5.20. The topological polar surface area (TPSA) is 203 Å². The minimum absolute atomic E-state index is 0. The number of fused-ring (bicyclic) bond motifs is 2. The van der Waals surface area contributed by atoms with E-state index >= 15 is 0 Å². The van der Waals surface area contributed by atoms with Gasteiger partial charge in [0, 0.05) is 27.5 Å². The molecule has 222 valence electrons. The zero-order valence-corrected chi connectivity index (χ0v) is 30.0. The molecular weight excluding hydrogens is 658 g/mol. The van der Waals surface area contributed by atoms with Crippen molar-refractivity contribution in [2.24, 2.45) is 0 Å². The number of aliphatic hydroxyl groups excluding tert-OH is 1. The van der Waals surface area contributed by atoms with Crippen molar-refractivity contribution in [1.29, 1.82) is 0 Å². The third-order valence-corrected chi connectivity index (χ3v) is 8.30. The van der Waals surface area contributed by atoms with Gasteiger partial charge in [0.25, 0.3) is 5.56 Å². The summed E-state index contributed by atoms with van der Waals surface area (Å²) < 4.78 is 79.5. The van der Waals surface area contributed by atoms with E-state index < -0.39 is 59.3 Å². The number of nitrogens with one attached hydrogen (secondary N) is 1. The van der Waals surface area contributed by atoms with Crippen LogP contribution in [0.2, 0.25) is 0 Å². The number of ether oxygens (including phenoxy) is 1. The van der Waals surface area contributed by atoms with E-state index in [9.17, 15) is 40.6 Å². The first-order valence-electron chi connectivity index (χ1n) is 12.7. The fourth-order valence-corrected chi connectivity index (χ4v) is 6.31. The Morgan fingerprint density at radius 1 is 0.826 bits per heavy atom. The Morgan fingerprint density at radius 3 is 2.09 bits per heavy atom. The molecule has 6 rings (SSSR count). The van der Waals surface area contributed by atoms with E-state index in [1.165, 1.54) is 49.4 Å². The molecule has 0 atom stereocenters. The molecule has 1 heterocycles. The molecule has 46 heavy (non-hydrogen) atoms. The molecule has 0 bridgehead atoms. The van der Waals surface area contributed by atoms with Crippen LogP contribution in [0.1, 0.15) is 11.1 Å². The van der Waals surface area contributed by atoms with Gasteiger partial charge >= 0.3 is 59.1 Å². The number of rotatable bonds is 6. The van der Waals surface area contributed by atoms with Crippen LogP contribution in [0, 0.1) is 17.4 Å². The molecule has 0 unspecified atom stereocenters. The van der Waals surface area contributed by atoms with Crippen LogP contribution < -0.4 is 84.8 Å². The van der Waals surface area contributed by atoms with Crippen molar-refractivity contribution in [3.05, 3.63) is 126 Å². The van der Waals surface area contributed by atoms with E-state index in [4.69, 9.17) is 4.74 Å². The smallest absolute Gasteiger partial charge is 0.744 e. The van der Waals surface area contributed by atoms with E-state index in [-0.39, 0.29) is 102 Å². The van der Waals surface area contributed by atoms with Crippen LogP contribution in [0.15, 0.2) is 93.3 Å². The Balaban J connectivity index is 0.00000240. The number of anilines is 1. The molecular formula is C30H18N2Na2O10S2. The predicted molar refractivity (Wildman–Crippen MR) is 158 cm³/mol. The van der Waals surface area contributed by atoms with Crippen LogP contribution in [0.3, 0.4) is 0 Å². The molecule has 0 saturated heterocycles. The molecule has 16 heteroatoms. The third-order valence-electron chi connectivity index (χ3n) is 6.97. The van der Waals surface area contributed by atoms with E-state index in [0.29, 0.717) is 5.56 Å². The summed E-state index contributed by atoms with van der Waals surface area (Å²) in [5.74, 6) is -1.44. The molecule has 0 fully saturated rings. The van der Waals surface area contributed by atoms with Gasteiger partial charge in [0.1, 0.15) is 27.1 Å². The minimum Gasteiger partial charge on any atom is -0.744 e. The number of nitrogens with zero attached hydrogens (tertiary/aromatic N) is 1. The summed E-state index contributed by atoms with van der Waals surface area (Å²) in [5, 5.41) is 10.7. The van der Waals surface area contributed by atoms with Gasteiger partial charge in [0.15, 0.2) is 21.5 Å². The van der Waals surface area contributed by atoms with E-state index in [1.54, 1.807) is 29.0 Å². The monoisotopic (exact) mass is 676 g/mol. The first-order chi connectivity index (χ1) is 20.7. The van der Waals surface area contributed by atoms with Crippen molar-refractivity contribution in [3.63, 3.8) is 0 Å². The summed E-state index contributed by atoms with van der Waals surface area (Å²) in [5.41, 5.74) is -1.95. The second-order valence-corrected chi connectivity index (χ2v) is 12.3. The van der Waals surface area contributed by atoms with Crippen molar-refractivity contribution >= 4 is 53.5 Å². The van der Waals surface area contributed by atoms with Gasteiger partial charge in [-0.05, 0) is 30.0 Å². The summed E-state index contributed by atoms with van der Waals surface area (Å²) >= 11 is 0. The van der Waals surface area contributed by atoms with Gasteiger partial charge in [0.05, 0.1) is 21.2 Å². The van der Waals surface area contributed by atoms with Crippen molar-refractivity contribution in [3.8, 4) is 11.5 Å². The Kier molecular flexibility index (Phi) is 10.2. The number of aryl methyl sites for hydroxylation is 1. The summed E-state index contributed by atoms with van der Waals surface area (Å²) in [6, 6.07) is 18.6. The van der Waals surface area contributed by atoms with E-state index in [1.807, 2.05) is 0 Å². The maximum atomic E-state index is 13.9. The molecule has 2 aliphatic rings. The first-order valence-corrected chi connectivity index (χ1v) is 15.5. The van der Waals surface area contributed by atoms with E-state index in [2.05, 4.69) is 4.98 Å². The molecule has 4 aromatic carbocycles. The van der Waals surface area contributed by atoms with E-state index in [0.717, 1.165) is 12.1 Å². The first kappa shape index (κ1) is 35.7. The summed E-state index contributed by atoms with van der Waals surface area (Å²) in [6.45, 7) is 1.54.